The van der Waals surface area contributed by atoms with E-state index in [1.807, 2.05) is 4.72 Å². The Labute approximate surface area is 128 Å². The van der Waals surface area contributed by atoms with Crippen molar-refractivity contribution in [2.75, 3.05) is 0 Å². The zero-order valence-corrected chi connectivity index (χ0v) is 13.2. The van der Waals surface area contributed by atoms with Crippen LogP contribution in [0.5, 0.6) is 0 Å². The lowest BCUT2D eigenvalue weighted by atomic mass is 9.92. The lowest BCUT2D eigenvalue weighted by Gasteiger charge is -2.32. The maximum Gasteiger partial charge on any atom is 0.425 e. The molecule has 0 aliphatic carbocycles. The molecule has 0 aromatic heterocycles. The first-order valence-electron chi connectivity index (χ1n) is 5.88. The highest BCUT2D eigenvalue weighted by atomic mass is 35.5. The molecule has 1 unspecified atom stereocenters. The summed E-state index contributed by atoms with van der Waals surface area (Å²) in [6.45, 7) is 4.53. The molecular formula is C13H14ClF3N2OS. The van der Waals surface area contributed by atoms with E-state index in [9.17, 15) is 17.4 Å². The SMILES string of the molecule is CC(C)(C)S(=O)N[C@](C#N)(c1ccc(Cl)cc1)C(F)(F)F. The third-order valence-electron chi connectivity index (χ3n) is 2.67. The van der Waals surface area contributed by atoms with Crippen molar-refractivity contribution in [3.05, 3.63) is 34.9 Å². The van der Waals surface area contributed by atoms with Crippen LogP contribution in [0.2, 0.25) is 5.02 Å². The predicted octanol–water partition coefficient (Wildman–Crippen LogP) is 3.67. The number of halogens is 4. The number of nitriles is 1. The highest BCUT2D eigenvalue weighted by Crippen LogP contribution is 2.40. The van der Waals surface area contributed by atoms with Gasteiger partial charge in [0.25, 0.3) is 0 Å². The Balaban J connectivity index is 3.41. The van der Waals surface area contributed by atoms with E-state index in [1.54, 1.807) is 0 Å². The van der Waals surface area contributed by atoms with Gasteiger partial charge in [-0.15, -0.1) is 0 Å². The van der Waals surface area contributed by atoms with Crippen LogP contribution in [0.4, 0.5) is 13.2 Å². The van der Waals surface area contributed by atoms with Gasteiger partial charge in [0.05, 0.1) is 15.7 Å². The molecule has 3 nitrogen and oxygen atoms in total. The van der Waals surface area contributed by atoms with Crippen molar-refractivity contribution in [2.24, 2.45) is 0 Å². The maximum absolute atomic E-state index is 13.5. The van der Waals surface area contributed by atoms with E-state index in [4.69, 9.17) is 16.9 Å². The molecule has 0 amide bonds. The van der Waals surface area contributed by atoms with Crippen molar-refractivity contribution in [1.29, 1.82) is 5.26 Å². The minimum absolute atomic E-state index is 0.240. The summed E-state index contributed by atoms with van der Waals surface area (Å²) in [7, 11) is -2.08. The molecular weight excluding hydrogens is 325 g/mol. The average molecular weight is 339 g/mol. The van der Waals surface area contributed by atoms with Crippen LogP contribution >= 0.6 is 11.6 Å². The Morgan fingerprint density at radius 3 is 2.00 bits per heavy atom. The van der Waals surface area contributed by atoms with Gasteiger partial charge in [-0.05, 0) is 38.5 Å². The molecule has 0 saturated carbocycles. The number of hydrogen-bond acceptors (Lipinski definition) is 2. The van der Waals surface area contributed by atoms with Crippen LogP contribution < -0.4 is 4.72 Å². The summed E-state index contributed by atoms with van der Waals surface area (Å²) in [6.07, 6.45) is -4.95. The number of nitrogens with one attached hydrogen (secondary N) is 1. The molecule has 0 radical (unpaired) electrons. The molecule has 1 rings (SSSR count). The fourth-order valence-corrected chi connectivity index (χ4v) is 2.41. The van der Waals surface area contributed by atoms with Gasteiger partial charge in [0.2, 0.25) is 5.54 Å². The van der Waals surface area contributed by atoms with Crippen molar-refractivity contribution >= 4 is 22.6 Å². The quantitative estimate of drug-likeness (QED) is 0.914. The summed E-state index contributed by atoms with van der Waals surface area (Å²) < 4.78 is 53.4. The molecule has 0 saturated heterocycles. The maximum atomic E-state index is 13.5. The standard InChI is InChI=1S/C13H14ClF3N2OS/c1-11(2,3)21(20)19-12(8-18,13(15,16)17)9-4-6-10(14)7-5-9/h4-7,19H,1-3H3/t12-,21?/m1/s1. The Bertz CT molecular complexity index is 575. The number of nitrogens with zero attached hydrogens (tertiary/aromatic N) is 1. The first-order valence-corrected chi connectivity index (χ1v) is 7.40. The van der Waals surface area contributed by atoms with Gasteiger partial charge in [0.1, 0.15) is 6.07 Å². The summed E-state index contributed by atoms with van der Waals surface area (Å²) in [6, 6.07) is 5.89. The first-order chi connectivity index (χ1) is 9.44. The van der Waals surface area contributed by atoms with Crippen molar-refractivity contribution in [1.82, 2.24) is 4.72 Å². The topological polar surface area (TPSA) is 52.9 Å². The zero-order chi connectivity index (χ0) is 16.5. The molecule has 1 aromatic rings. The Morgan fingerprint density at radius 1 is 1.19 bits per heavy atom. The summed E-state index contributed by atoms with van der Waals surface area (Å²) in [5, 5.41) is 9.39. The number of alkyl halides is 3. The largest absolute Gasteiger partial charge is 0.425 e. The second-order valence-electron chi connectivity index (χ2n) is 5.35. The van der Waals surface area contributed by atoms with E-state index >= 15 is 0 Å². The average Bonchev–Trinajstić information content (AvgIpc) is 2.34. The molecule has 21 heavy (non-hydrogen) atoms. The molecule has 0 aliphatic heterocycles. The van der Waals surface area contributed by atoms with E-state index in [0.717, 1.165) is 12.1 Å². The Kier molecular flexibility index (Phi) is 5.09. The predicted molar refractivity (Wildman–Crippen MR) is 75.8 cm³/mol. The fraction of sp³-hybridized carbons (Fsp3) is 0.462. The minimum Gasteiger partial charge on any atom is -0.242 e. The number of rotatable bonds is 3. The molecule has 0 bridgehead atoms. The summed E-state index contributed by atoms with van der Waals surface area (Å²) >= 11 is 5.65. The van der Waals surface area contributed by atoms with Crippen LogP contribution in [0.1, 0.15) is 26.3 Å². The van der Waals surface area contributed by atoms with Crippen LogP contribution in [0.3, 0.4) is 0 Å². The van der Waals surface area contributed by atoms with Crippen molar-refractivity contribution in [2.45, 2.75) is 37.2 Å². The Hall–Kier alpha value is -1.10. The molecule has 116 valence electrons. The van der Waals surface area contributed by atoms with Gasteiger partial charge in [0.15, 0.2) is 0 Å². The molecule has 0 spiro atoms. The van der Waals surface area contributed by atoms with Gasteiger partial charge in [-0.25, -0.2) is 8.93 Å². The number of hydrogen-bond donors (Lipinski definition) is 1. The lowest BCUT2D eigenvalue weighted by molar-refractivity contribution is -0.176. The van der Waals surface area contributed by atoms with Crippen molar-refractivity contribution < 1.29 is 17.4 Å². The minimum atomic E-state index is -4.95. The summed E-state index contributed by atoms with van der Waals surface area (Å²) in [5.41, 5.74) is -3.42. The third kappa shape index (κ3) is 3.76. The van der Waals surface area contributed by atoms with Crippen LogP contribution in [0, 0.1) is 11.3 Å². The Morgan fingerprint density at radius 2 is 1.67 bits per heavy atom. The smallest absolute Gasteiger partial charge is 0.242 e. The lowest BCUT2D eigenvalue weighted by Crippen LogP contribution is -2.56. The molecule has 8 heteroatoms. The van der Waals surface area contributed by atoms with Crippen molar-refractivity contribution in [3.63, 3.8) is 0 Å². The highest BCUT2D eigenvalue weighted by molar-refractivity contribution is 7.84. The second kappa shape index (κ2) is 5.95. The van der Waals surface area contributed by atoms with Gasteiger partial charge < -0.3 is 0 Å². The van der Waals surface area contributed by atoms with Gasteiger partial charge in [-0.2, -0.15) is 18.4 Å². The van der Waals surface area contributed by atoms with Gasteiger partial charge >= 0.3 is 6.18 Å². The van der Waals surface area contributed by atoms with Crippen molar-refractivity contribution in [3.8, 4) is 6.07 Å². The first kappa shape index (κ1) is 18.0. The molecule has 1 N–H and O–H groups in total. The van der Waals surface area contributed by atoms with Crippen LogP contribution in [-0.2, 0) is 16.5 Å². The monoisotopic (exact) mass is 338 g/mol. The molecule has 0 heterocycles. The van der Waals surface area contributed by atoms with E-state index < -0.39 is 27.4 Å². The fourth-order valence-electron chi connectivity index (χ4n) is 1.42. The second-order valence-corrected chi connectivity index (χ2v) is 7.75. The van der Waals surface area contributed by atoms with E-state index in [-0.39, 0.29) is 10.6 Å². The summed E-state index contributed by atoms with van der Waals surface area (Å²) in [4.78, 5) is 0. The van der Waals surface area contributed by atoms with Crippen LogP contribution in [-0.4, -0.2) is 15.1 Å². The van der Waals surface area contributed by atoms with E-state index in [2.05, 4.69) is 0 Å². The van der Waals surface area contributed by atoms with Gasteiger partial charge in [0, 0.05) is 5.02 Å². The van der Waals surface area contributed by atoms with Crippen LogP contribution in [0.25, 0.3) is 0 Å². The summed E-state index contributed by atoms with van der Waals surface area (Å²) in [5.74, 6) is 0. The highest BCUT2D eigenvalue weighted by Gasteiger charge is 2.58. The molecule has 1 aromatic carbocycles. The van der Waals surface area contributed by atoms with E-state index in [1.165, 1.54) is 39.0 Å². The van der Waals surface area contributed by atoms with Gasteiger partial charge in [-0.1, -0.05) is 23.7 Å². The normalized spacial score (nSPS) is 16.9. The van der Waals surface area contributed by atoms with Crippen LogP contribution in [0.15, 0.2) is 24.3 Å². The number of benzene rings is 1. The molecule has 2 atom stereocenters. The van der Waals surface area contributed by atoms with E-state index in [0.29, 0.717) is 0 Å². The third-order valence-corrected chi connectivity index (χ3v) is 4.53. The zero-order valence-electron chi connectivity index (χ0n) is 11.6. The molecule has 0 fully saturated rings. The van der Waals surface area contributed by atoms with Gasteiger partial charge in [-0.3, -0.25) is 0 Å². The molecule has 0 aliphatic rings.